The number of ether oxygens (including phenoxy) is 2. The molecule has 2 unspecified atom stereocenters. The van der Waals surface area contributed by atoms with Crippen LogP contribution in [0.1, 0.15) is 33.6 Å². The third-order valence-corrected chi connectivity index (χ3v) is 2.59. The van der Waals surface area contributed by atoms with Crippen LogP contribution in [-0.4, -0.2) is 49.2 Å². The van der Waals surface area contributed by atoms with Gasteiger partial charge in [-0.15, -0.1) is 0 Å². The van der Waals surface area contributed by atoms with Crippen molar-refractivity contribution in [1.82, 2.24) is 5.32 Å². The average Bonchev–Trinajstić information content (AvgIpc) is 2.51. The van der Waals surface area contributed by atoms with Gasteiger partial charge in [-0.1, -0.05) is 25.8 Å². The molecule has 5 heteroatoms. The van der Waals surface area contributed by atoms with Crippen molar-refractivity contribution in [2.75, 3.05) is 26.9 Å². The average molecular weight is 289 g/mol. The second-order valence-electron chi connectivity index (χ2n) is 4.35. The summed E-state index contributed by atoms with van der Waals surface area (Å²) >= 11 is 0. The normalized spacial score (nSPS) is 20.0. The summed E-state index contributed by atoms with van der Waals surface area (Å²) < 4.78 is 53.9. The Balaban J connectivity index is 2.50. The van der Waals surface area contributed by atoms with Crippen LogP contribution in [0.15, 0.2) is 24.3 Å². The highest BCUT2D eigenvalue weighted by Gasteiger charge is 2.08. The van der Waals surface area contributed by atoms with E-state index in [4.69, 9.17) is 17.7 Å². The molecule has 1 aromatic carbocycles. The number of methoxy groups -OCH3 is 1. The van der Waals surface area contributed by atoms with Crippen LogP contribution in [0.4, 0.5) is 0 Å². The SMILES string of the molecule is [2H]C([2H])([2H])C(NCC(O)COc1ccc(C(O)COC)cc1)C([2H])([2H])[2H]. The first-order chi connectivity index (χ1) is 11.9. The van der Waals surface area contributed by atoms with Gasteiger partial charge >= 0.3 is 0 Å². The van der Waals surface area contributed by atoms with Gasteiger partial charge in [-0.05, 0) is 17.7 Å². The molecule has 20 heavy (non-hydrogen) atoms. The van der Waals surface area contributed by atoms with Crippen LogP contribution in [0.2, 0.25) is 0 Å². The van der Waals surface area contributed by atoms with Crippen molar-refractivity contribution in [3.8, 4) is 5.75 Å². The predicted molar refractivity (Wildman–Crippen MR) is 77.9 cm³/mol. The maximum atomic E-state index is 9.89. The summed E-state index contributed by atoms with van der Waals surface area (Å²) in [5.74, 6) is 0.445. The van der Waals surface area contributed by atoms with Gasteiger partial charge < -0.3 is 25.0 Å². The molecule has 0 saturated heterocycles. The Kier molecular flexibility index (Phi) is 4.34. The lowest BCUT2D eigenvalue weighted by molar-refractivity contribution is 0.0643. The molecule has 0 heterocycles. The Labute approximate surface area is 129 Å². The molecule has 0 bridgehead atoms. The molecule has 0 aliphatic heterocycles. The van der Waals surface area contributed by atoms with Crippen LogP contribution in [0.3, 0.4) is 0 Å². The van der Waals surface area contributed by atoms with E-state index in [0.29, 0.717) is 11.3 Å². The highest BCUT2D eigenvalue weighted by molar-refractivity contribution is 5.28. The van der Waals surface area contributed by atoms with E-state index < -0.39 is 32.0 Å². The number of rotatable bonds is 9. The summed E-state index contributed by atoms with van der Waals surface area (Å²) in [6.45, 7) is -5.66. The molecular formula is C15H25NO4. The van der Waals surface area contributed by atoms with E-state index in [9.17, 15) is 10.2 Å². The van der Waals surface area contributed by atoms with Gasteiger partial charge in [0.1, 0.15) is 24.6 Å². The van der Waals surface area contributed by atoms with Crippen LogP contribution in [0, 0.1) is 0 Å². The third kappa shape index (κ3) is 6.34. The molecule has 0 saturated carbocycles. The number of aliphatic hydroxyl groups excluding tert-OH is 2. The maximum Gasteiger partial charge on any atom is 0.119 e. The first-order valence-corrected chi connectivity index (χ1v) is 6.26. The fraction of sp³-hybridized carbons (Fsp3) is 0.600. The fourth-order valence-corrected chi connectivity index (χ4v) is 1.55. The molecule has 1 aromatic rings. The number of hydrogen-bond donors (Lipinski definition) is 3. The first kappa shape index (κ1) is 9.73. The Morgan fingerprint density at radius 3 is 2.50 bits per heavy atom. The van der Waals surface area contributed by atoms with E-state index in [1.54, 1.807) is 24.3 Å². The Bertz CT molecular complexity index is 520. The first-order valence-electron chi connectivity index (χ1n) is 9.26. The Morgan fingerprint density at radius 1 is 1.20 bits per heavy atom. The molecular weight excluding hydrogens is 258 g/mol. The van der Waals surface area contributed by atoms with Gasteiger partial charge in [0.2, 0.25) is 0 Å². The summed E-state index contributed by atoms with van der Waals surface area (Å²) in [6.07, 6.45) is -1.85. The quantitative estimate of drug-likeness (QED) is 0.635. The zero-order valence-corrected chi connectivity index (χ0v) is 11.4. The predicted octanol–water partition coefficient (Wildman–Crippen LogP) is 1.10. The molecule has 0 amide bonds. The van der Waals surface area contributed by atoms with E-state index in [0.717, 1.165) is 0 Å². The van der Waals surface area contributed by atoms with Crippen molar-refractivity contribution < 1.29 is 27.9 Å². The summed E-state index contributed by atoms with van der Waals surface area (Å²) in [5.41, 5.74) is 0.652. The van der Waals surface area contributed by atoms with E-state index >= 15 is 0 Å². The van der Waals surface area contributed by atoms with E-state index in [1.165, 1.54) is 7.11 Å². The molecule has 114 valence electrons. The summed E-state index contributed by atoms with van der Waals surface area (Å²) in [7, 11) is 1.49. The van der Waals surface area contributed by atoms with Gasteiger partial charge in [-0.3, -0.25) is 0 Å². The van der Waals surface area contributed by atoms with Gasteiger partial charge in [-0.25, -0.2) is 0 Å². The molecule has 2 atom stereocenters. The molecule has 0 radical (unpaired) electrons. The lowest BCUT2D eigenvalue weighted by Crippen LogP contribution is -2.35. The number of nitrogens with one attached hydrogen (secondary N) is 1. The topological polar surface area (TPSA) is 71.0 Å². The minimum Gasteiger partial charge on any atom is -0.491 e. The van der Waals surface area contributed by atoms with Crippen molar-refractivity contribution in [3.63, 3.8) is 0 Å². The van der Waals surface area contributed by atoms with Gasteiger partial charge in [0, 0.05) is 27.9 Å². The lowest BCUT2D eigenvalue weighted by atomic mass is 10.1. The summed E-state index contributed by atoms with van der Waals surface area (Å²) in [5, 5.41) is 22.0. The smallest absolute Gasteiger partial charge is 0.119 e. The van der Waals surface area contributed by atoms with E-state index in [2.05, 4.69) is 5.32 Å². The maximum absolute atomic E-state index is 9.89. The molecule has 0 fully saturated rings. The van der Waals surface area contributed by atoms with Crippen LogP contribution < -0.4 is 10.1 Å². The zero-order chi connectivity index (χ0) is 20.0. The van der Waals surface area contributed by atoms with Crippen LogP contribution in [0.25, 0.3) is 0 Å². The standard InChI is InChI=1S/C15H25NO4/c1-11(2)16-8-13(17)9-20-14-6-4-12(5-7-14)15(18)10-19-3/h4-7,11,13,15-18H,8-10H2,1-3H3/i1D3,2D3. The second kappa shape index (κ2) is 8.92. The van der Waals surface area contributed by atoms with Crippen molar-refractivity contribution >= 4 is 0 Å². The second-order valence-corrected chi connectivity index (χ2v) is 4.35. The third-order valence-electron chi connectivity index (χ3n) is 2.59. The lowest BCUT2D eigenvalue weighted by Gasteiger charge is -2.15. The van der Waals surface area contributed by atoms with Gasteiger partial charge in [0.15, 0.2) is 0 Å². The highest BCUT2D eigenvalue weighted by atomic mass is 16.5. The monoisotopic (exact) mass is 289 g/mol. The molecule has 1 rings (SSSR count). The molecule has 0 aliphatic rings. The van der Waals surface area contributed by atoms with Gasteiger partial charge in [-0.2, -0.15) is 0 Å². The Hall–Kier alpha value is -1.14. The van der Waals surface area contributed by atoms with E-state index in [-0.39, 0.29) is 19.8 Å². The van der Waals surface area contributed by atoms with E-state index in [1.807, 2.05) is 0 Å². The molecule has 0 aliphatic carbocycles. The summed E-state index contributed by atoms with van der Waals surface area (Å²) in [6, 6.07) is 4.81. The van der Waals surface area contributed by atoms with Crippen LogP contribution in [0.5, 0.6) is 5.75 Å². The molecule has 5 nitrogen and oxygen atoms in total. The number of aliphatic hydroxyl groups is 2. The molecule has 0 aromatic heterocycles. The fourth-order valence-electron chi connectivity index (χ4n) is 1.55. The van der Waals surface area contributed by atoms with Crippen molar-refractivity contribution in [2.24, 2.45) is 0 Å². The zero-order valence-electron chi connectivity index (χ0n) is 17.4. The van der Waals surface area contributed by atoms with Crippen molar-refractivity contribution in [2.45, 2.75) is 32.0 Å². The highest BCUT2D eigenvalue weighted by Crippen LogP contribution is 2.18. The largest absolute Gasteiger partial charge is 0.491 e. The van der Waals surface area contributed by atoms with Crippen molar-refractivity contribution in [3.05, 3.63) is 29.8 Å². The van der Waals surface area contributed by atoms with Gasteiger partial charge in [0.05, 0.1) is 6.61 Å². The van der Waals surface area contributed by atoms with Crippen LogP contribution in [-0.2, 0) is 4.74 Å². The minimum atomic E-state index is -2.72. The van der Waals surface area contributed by atoms with Crippen molar-refractivity contribution in [1.29, 1.82) is 0 Å². The number of hydrogen-bond acceptors (Lipinski definition) is 5. The van der Waals surface area contributed by atoms with Crippen LogP contribution >= 0.6 is 0 Å². The number of benzene rings is 1. The van der Waals surface area contributed by atoms with Gasteiger partial charge in [0.25, 0.3) is 0 Å². The molecule has 3 N–H and O–H groups in total. The molecule has 0 spiro atoms. The Morgan fingerprint density at radius 2 is 1.90 bits per heavy atom. The summed E-state index contributed by atoms with van der Waals surface area (Å²) in [4.78, 5) is 0. The minimum absolute atomic E-state index is 0.151.